The molecule has 2 unspecified atom stereocenters. The van der Waals surface area contributed by atoms with E-state index in [2.05, 4.69) is 23.8 Å². The van der Waals surface area contributed by atoms with Crippen LogP contribution in [-0.4, -0.2) is 36.4 Å². The average Bonchev–Trinajstić information content (AvgIpc) is 2.70. The van der Waals surface area contributed by atoms with Crippen molar-refractivity contribution in [3.63, 3.8) is 0 Å². The van der Waals surface area contributed by atoms with Gasteiger partial charge in [0, 0.05) is 29.9 Å². The third kappa shape index (κ3) is 4.97. The van der Waals surface area contributed by atoms with Crippen LogP contribution in [0.3, 0.4) is 0 Å². The highest BCUT2D eigenvalue weighted by Gasteiger charge is 2.28. The molecule has 3 rings (SSSR count). The van der Waals surface area contributed by atoms with Crippen LogP contribution in [0.5, 0.6) is 0 Å². The fourth-order valence-electron chi connectivity index (χ4n) is 4.72. The minimum atomic E-state index is -0.0128. The summed E-state index contributed by atoms with van der Waals surface area (Å²) in [6, 6.07) is 9.20. The number of rotatable bonds is 7. The lowest BCUT2D eigenvalue weighted by molar-refractivity contribution is 0.104. The Balaban J connectivity index is 1.59. The number of carbonyl (C=O) groups excluding carboxylic acids is 1. The van der Waals surface area contributed by atoms with Crippen LogP contribution >= 0.6 is 0 Å². The lowest BCUT2D eigenvalue weighted by Gasteiger charge is -2.39. The Morgan fingerprint density at radius 2 is 1.73 bits per heavy atom. The molecule has 0 spiro atoms. The van der Waals surface area contributed by atoms with Crippen molar-refractivity contribution in [3.05, 3.63) is 42.5 Å². The standard InChI is InChI=1S/C23H34N2O/c1-3-23(26)18-13-15-20(16-14-18)24-22-12-8-7-9-19(22)17-25(2)21-10-5-4-6-11-21/h3,13-16,19,21-22,24H,1,4-12,17H2,2H3. The normalized spacial score (nSPS) is 24.4. The van der Waals surface area contributed by atoms with Gasteiger partial charge >= 0.3 is 0 Å². The van der Waals surface area contributed by atoms with E-state index in [1.807, 2.05) is 24.3 Å². The zero-order chi connectivity index (χ0) is 18.4. The van der Waals surface area contributed by atoms with Gasteiger partial charge in [0.05, 0.1) is 0 Å². The Bertz CT molecular complexity index is 589. The Morgan fingerprint density at radius 3 is 2.42 bits per heavy atom. The second kappa shape index (κ2) is 9.36. The molecular formula is C23H34N2O. The maximum atomic E-state index is 11.7. The zero-order valence-corrected chi connectivity index (χ0v) is 16.3. The molecule has 0 radical (unpaired) electrons. The SMILES string of the molecule is C=CC(=O)c1ccc(NC2CCCCC2CN(C)C2CCCCC2)cc1. The van der Waals surface area contributed by atoms with Crippen molar-refractivity contribution in [2.75, 3.05) is 18.9 Å². The third-order valence-corrected chi connectivity index (χ3v) is 6.34. The molecule has 0 saturated heterocycles. The average molecular weight is 355 g/mol. The Kier molecular flexibility index (Phi) is 6.90. The molecule has 2 aliphatic rings. The first-order valence-corrected chi connectivity index (χ1v) is 10.4. The van der Waals surface area contributed by atoms with E-state index in [0.29, 0.717) is 17.5 Å². The third-order valence-electron chi connectivity index (χ3n) is 6.34. The number of hydrogen-bond acceptors (Lipinski definition) is 3. The smallest absolute Gasteiger partial charge is 0.185 e. The van der Waals surface area contributed by atoms with Crippen LogP contribution in [0.25, 0.3) is 0 Å². The number of hydrogen-bond donors (Lipinski definition) is 1. The quantitative estimate of drug-likeness (QED) is 0.533. The van der Waals surface area contributed by atoms with Gasteiger partial charge in [-0.1, -0.05) is 38.7 Å². The maximum absolute atomic E-state index is 11.7. The molecule has 1 aromatic rings. The second-order valence-corrected chi connectivity index (χ2v) is 8.17. The minimum Gasteiger partial charge on any atom is -0.382 e. The van der Waals surface area contributed by atoms with E-state index < -0.39 is 0 Å². The molecule has 0 aromatic heterocycles. The Labute approximate surface area is 158 Å². The highest BCUT2D eigenvalue weighted by atomic mass is 16.1. The molecule has 142 valence electrons. The van der Waals surface area contributed by atoms with Gasteiger partial charge in [-0.3, -0.25) is 4.79 Å². The van der Waals surface area contributed by atoms with E-state index in [9.17, 15) is 4.79 Å². The number of carbonyl (C=O) groups is 1. The van der Waals surface area contributed by atoms with Crippen molar-refractivity contribution in [2.24, 2.45) is 5.92 Å². The van der Waals surface area contributed by atoms with Gasteiger partial charge in [-0.05, 0) is 69.0 Å². The number of benzene rings is 1. The predicted octanol–water partition coefficient (Wildman–Crippen LogP) is 5.29. The van der Waals surface area contributed by atoms with Crippen molar-refractivity contribution in [1.82, 2.24) is 4.90 Å². The minimum absolute atomic E-state index is 0.0128. The van der Waals surface area contributed by atoms with Gasteiger partial charge in [-0.2, -0.15) is 0 Å². The molecule has 3 nitrogen and oxygen atoms in total. The van der Waals surface area contributed by atoms with Crippen molar-refractivity contribution >= 4 is 11.5 Å². The van der Waals surface area contributed by atoms with Gasteiger partial charge in [0.15, 0.2) is 5.78 Å². The van der Waals surface area contributed by atoms with Crippen molar-refractivity contribution in [2.45, 2.75) is 69.9 Å². The predicted molar refractivity (Wildman–Crippen MR) is 110 cm³/mol. The summed E-state index contributed by atoms with van der Waals surface area (Å²) in [4.78, 5) is 14.3. The summed E-state index contributed by atoms with van der Waals surface area (Å²) < 4.78 is 0. The van der Waals surface area contributed by atoms with Gasteiger partial charge in [0.2, 0.25) is 0 Å². The molecule has 1 N–H and O–H groups in total. The number of anilines is 1. The molecule has 26 heavy (non-hydrogen) atoms. The summed E-state index contributed by atoms with van der Waals surface area (Å²) in [5.74, 6) is 0.700. The summed E-state index contributed by atoms with van der Waals surface area (Å²) in [5.41, 5.74) is 1.84. The van der Waals surface area contributed by atoms with Gasteiger partial charge in [0.25, 0.3) is 0 Å². The highest BCUT2D eigenvalue weighted by molar-refractivity contribution is 6.04. The molecule has 3 heteroatoms. The first-order chi connectivity index (χ1) is 12.7. The topological polar surface area (TPSA) is 32.3 Å². The summed E-state index contributed by atoms with van der Waals surface area (Å²) in [6.07, 6.45) is 13.6. The summed E-state index contributed by atoms with van der Waals surface area (Å²) in [6.45, 7) is 4.76. The van der Waals surface area contributed by atoms with Crippen molar-refractivity contribution in [3.8, 4) is 0 Å². The van der Waals surface area contributed by atoms with Gasteiger partial charge in [-0.15, -0.1) is 0 Å². The van der Waals surface area contributed by atoms with Crippen LogP contribution in [0.4, 0.5) is 5.69 Å². The zero-order valence-electron chi connectivity index (χ0n) is 16.3. The Hall–Kier alpha value is -1.61. The fourth-order valence-corrected chi connectivity index (χ4v) is 4.72. The lowest BCUT2D eigenvalue weighted by Crippen LogP contribution is -2.43. The van der Waals surface area contributed by atoms with Crippen LogP contribution in [0.2, 0.25) is 0 Å². The molecule has 2 fully saturated rings. The lowest BCUT2D eigenvalue weighted by atomic mass is 9.83. The van der Waals surface area contributed by atoms with Crippen molar-refractivity contribution < 1.29 is 4.79 Å². The van der Waals surface area contributed by atoms with Gasteiger partial charge in [0.1, 0.15) is 0 Å². The van der Waals surface area contributed by atoms with Gasteiger partial charge in [-0.25, -0.2) is 0 Å². The first-order valence-electron chi connectivity index (χ1n) is 10.4. The molecule has 0 bridgehead atoms. The van der Waals surface area contributed by atoms with Crippen LogP contribution in [0.1, 0.15) is 68.1 Å². The molecule has 0 heterocycles. The van der Waals surface area contributed by atoms with Crippen LogP contribution < -0.4 is 5.32 Å². The van der Waals surface area contributed by atoms with E-state index in [1.165, 1.54) is 70.4 Å². The van der Waals surface area contributed by atoms with E-state index in [4.69, 9.17) is 0 Å². The summed E-state index contributed by atoms with van der Waals surface area (Å²) in [5, 5.41) is 3.76. The number of nitrogens with one attached hydrogen (secondary N) is 1. The molecule has 0 amide bonds. The second-order valence-electron chi connectivity index (χ2n) is 8.17. The molecule has 1 aromatic carbocycles. The number of ketones is 1. The molecule has 0 aliphatic heterocycles. The van der Waals surface area contributed by atoms with Gasteiger partial charge < -0.3 is 10.2 Å². The van der Waals surface area contributed by atoms with E-state index in [-0.39, 0.29) is 5.78 Å². The number of nitrogens with zero attached hydrogens (tertiary/aromatic N) is 1. The maximum Gasteiger partial charge on any atom is 0.185 e. The molecular weight excluding hydrogens is 320 g/mol. The summed E-state index contributed by atoms with van der Waals surface area (Å²) >= 11 is 0. The van der Waals surface area contributed by atoms with Crippen LogP contribution in [-0.2, 0) is 0 Å². The first kappa shape index (κ1) is 19.2. The monoisotopic (exact) mass is 354 g/mol. The van der Waals surface area contributed by atoms with E-state index in [1.54, 1.807) is 0 Å². The Morgan fingerprint density at radius 1 is 1.08 bits per heavy atom. The molecule has 2 aliphatic carbocycles. The van der Waals surface area contributed by atoms with Crippen molar-refractivity contribution in [1.29, 1.82) is 0 Å². The van der Waals surface area contributed by atoms with E-state index in [0.717, 1.165) is 11.7 Å². The summed E-state index contributed by atoms with van der Waals surface area (Å²) in [7, 11) is 2.33. The highest BCUT2D eigenvalue weighted by Crippen LogP contribution is 2.30. The largest absolute Gasteiger partial charge is 0.382 e. The molecule has 2 saturated carbocycles. The fraction of sp³-hybridized carbons (Fsp3) is 0.609. The van der Waals surface area contributed by atoms with E-state index >= 15 is 0 Å². The number of allylic oxidation sites excluding steroid dienone is 1. The van der Waals surface area contributed by atoms with Crippen LogP contribution in [0, 0.1) is 5.92 Å². The molecule has 2 atom stereocenters. The van der Waals surface area contributed by atoms with Crippen LogP contribution in [0.15, 0.2) is 36.9 Å².